The van der Waals surface area contributed by atoms with Gasteiger partial charge in [-0.05, 0) is 27.2 Å². The zero-order valence-corrected chi connectivity index (χ0v) is 6.62. The molecule has 3 heteroatoms. The van der Waals surface area contributed by atoms with Gasteiger partial charge in [-0.25, -0.2) is 5.73 Å². The number of nitrogens with one attached hydrogen (secondary N) is 2. The Kier molecular flexibility index (Phi) is 1.30. The van der Waals surface area contributed by atoms with Crippen molar-refractivity contribution in [3.8, 4) is 0 Å². The Morgan fingerprint density at radius 2 is 2.00 bits per heavy atom. The van der Waals surface area contributed by atoms with E-state index >= 15 is 0 Å². The molecule has 0 bridgehead atoms. The van der Waals surface area contributed by atoms with E-state index in [0.717, 1.165) is 0 Å². The molecule has 1 aliphatic heterocycles. The summed E-state index contributed by atoms with van der Waals surface area (Å²) < 4.78 is 0. The van der Waals surface area contributed by atoms with Crippen LogP contribution in [0.4, 0.5) is 0 Å². The van der Waals surface area contributed by atoms with Crippen molar-refractivity contribution in [1.29, 1.82) is 0 Å². The number of carbonyl (C=O) groups is 1. The third-order valence-corrected chi connectivity index (χ3v) is 1.75. The lowest BCUT2D eigenvalue weighted by atomic mass is 9.93. The fourth-order valence-electron chi connectivity index (χ4n) is 1.45. The second-order valence-corrected chi connectivity index (χ2v) is 3.85. The molecule has 3 nitrogen and oxygen atoms in total. The highest BCUT2D eigenvalue weighted by Gasteiger charge is 2.44. The van der Waals surface area contributed by atoms with Crippen LogP contribution >= 0.6 is 0 Å². The van der Waals surface area contributed by atoms with E-state index in [1.54, 1.807) is 6.92 Å². The first-order chi connectivity index (χ1) is 4.33. The number of carbonyl (C=O) groups excluding carboxylic acids is 1. The summed E-state index contributed by atoms with van der Waals surface area (Å²) in [6.45, 7) is 5.52. The molecule has 1 fully saturated rings. The number of rotatable bonds is 0. The maximum atomic E-state index is 11.0. The lowest BCUT2D eigenvalue weighted by Gasteiger charge is -2.17. The zero-order valence-electron chi connectivity index (χ0n) is 6.62. The Bertz CT molecular complexity index is 172. The van der Waals surface area contributed by atoms with Crippen molar-refractivity contribution in [3.63, 3.8) is 0 Å². The van der Waals surface area contributed by atoms with Crippen LogP contribution in [-0.4, -0.2) is 17.0 Å². The van der Waals surface area contributed by atoms with Crippen molar-refractivity contribution in [1.82, 2.24) is 11.1 Å². The smallest absolute Gasteiger partial charge is 0.241 e. The molecule has 2 N–H and O–H groups in total. The van der Waals surface area contributed by atoms with Gasteiger partial charge >= 0.3 is 0 Å². The Morgan fingerprint density at radius 1 is 1.50 bits per heavy atom. The minimum absolute atomic E-state index is 0.155. The molecular formula is C7H13N2O. The van der Waals surface area contributed by atoms with E-state index in [9.17, 15) is 4.79 Å². The quantitative estimate of drug-likeness (QED) is 0.519. The lowest BCUT2D eigenvalue weighted by Crippen LogP contribution is -2.37. The molecule has 0 aromatic heterocycles. The molecule has 1 amide bonds. The Balaban J connectivity index is 2.81. The highest BCUT2D eigenvalue weighted by Crippen LogP contribution is 2.26. The number of hydrogen-bond acceptors (Lipinski definition) is 1. The van der Waals surface area contributed by atoms with E-state index in [0.29, 0.717) is 6.42 Å². The summed E-state index contributed by atoms with van der Waals surface area (Å²) in [4.78, 5) is 11.0. The molecule has 1 rings (SSSR count). The second-order valence-electron chi connectivity index (χ2n) is 3.85. The van der Waals surface area contributed by atoms with E-state index in [1.807, 2.05) is 13.8 Å². The Labute approximate surface area is 61.0 Å². The summed E-state index contributed by atoms with van der Waals surface area (Å²) in [6.07, 6.45) is 0.596. The van der Waals surface area contributed by atoms with Gasteiger partial charge in [0.2, 0.25) is 5.91 Å². The summed E-state index contributed by atoms with van der Waals surface area (Å²) in [7, 11) is 0. The fraction of sp³-hybridized carbons (Fsp3) is 0.857. The monoisotopic (exact) mass is 141 g/mol. The molecule has 1 atom stereocenters. The second kappa shape index (κ2) is 1.72. The molecule has 0 saturated carbocycles. The fourth-order valence-corrected chi connectivity index (χ4v) is 1.45. The minimum atomic E-state index is -0.913. The molecule has 0 aromatic rings. The molecule has 1 unspecified atom stereocenters. The van der Waals surface area contributed by atoms with Crippen molar-refractivity contribution in [2.45, 2.75) is 38.3 Å². The summed E-state index contributed by atoms with van der Waals surface area (Å²) in [5.41, 5.74) is 6.44. The SMILES string of the molecule is CC1(C)CC(C)([NH])C(=O)N1. The van der Waals surface area contributed by atoms with Gasteiger partial charge in [-0.1, -0.05) is 0 Å². The van der Waals surface area contributed by atoms with Crippen LogP contribution in [0.15, 0.2) is 0 Å². The molecule has 0 spiro atoms. The summed E-state index contributed by atoms with van der Waals surface area (Å²) in [6, 6.07) is 0. The van der Waals surface area contributed by atoms with Crippen LogP contribution in [-0.2, 0) is 4.79 Å². The van der Waals surface area contributed by atoms with Crippen LogP contribution in [0.3, 0.4) is 0 Å². The maximum Gasteiger partial charge on any atom is 0.241 e. The van der Waals surface area contributed by atoms with E-state index in [2.05, 4.69) is 5.32 Å². The Hall–Kier alpha value is -0.570. The van der Waals surface area contributed by atoms with Crippen molar-refractivity contribution in [2.75, 3.05) is 0 Å². The van der Waals surface area contributed by atoms with Crippen molar-refractivity contribution in [3.05, 3.63) is 0 Å². The molecule has 57 valence electrons. The lowest BCUT2D eigenvalue weighted by molar-refractivity contribution is -0.123. The standard InChI is InChI=1S/C7H13N2O/c1-6(2)4-7(3,8)5(10)9-6/h8H,4H2,1-3H3,(H,9,10). The van der Waals surface area contributed by atoms with Crippen LogP contribution in [0, 0.1) is 0 Å². The molecule has 0 aliphatic carbocycles. The first-order valence-corrected chi connectivity index (χ1v) is 3.41. The van der Waals surface area contributed by atoms with Gasteiger partial charge in [0.05, 0.1) is 0 Å². The maximum absolute atomic E-state index is 11.0. The molecule has 10 heavy (non-hydrogen) atoms. The molecule has 0 aromatic carbocycles. The zero-order chi connectivity index (χ0) is 7.99. The molecule has 1 radical (unpaired) electrons. The van der Waals surface area contributed by atoms with Gasteiger partial charge in [0, 0.05) is 5.54 Å². The Morgan fingerprint density at radius 3 is 2.10 bits per heavy atom. The average molecular weight is 141 g/mol. The van der Waals surface area contributed by atoms with Gasteiger partial charge in [0.25, 0.3) is 0 Å². The topological polar surface area (TPSA) is 52.9 Å². The highest BCUT2D eigenvalue weighted by atomic mass is 16.2. The van der Waals surface area contributed by atoms with Crippen molar-refractivity contribution < 1.29 is 4.79 Å². The third-order valence-electron chi connectivity index (χ3n) is 1.75. The van der Waals surface area contributed by atoms with Crippen molar-refractivity contribution in [2.24, 2.45) is 0 Å². The van der Waals surface area contributed by atoms with Crippen LogP contribution in [0.25, 0.3) is 0 Å². The molecule has 1 saturated heterocycles. The van der Waals surface area contributed by atoms with E-state index < -0.39 is 5.54 Å². The summed E-state index contributed by atoms with van der Waals surface area (Å²) >= 11 is 0. The molecule has 1 aliphatic rings. The first-order valence-electron chi connectivity index (χ1n) is 3.41. The first kappa shape index (κ1) is 7.54. The highest BCUT2D eigenvalue weighted by molar-refractivity contribution is 5.88. The predicted octanol–water partition coefficient (Wildman–Crippen LogP) is 0.326. The normalized spacial score (nSPS) is 37.8. The largest absolute Gasteiger partial charge is 0.349 e. The van der Waals surface area contributed by atoms with Gasteiger partial charge in [-0.2, -0.15) is 0 Å². The summed E-state index contributed by atoms with van der Waals surface area (Å²) in [5.74, 6) is -0.155. The number of amides is 1. The van der Waals surface area contributed by atoms with Crippen LogP contribution < -0.4 is 11.1 Å². The molecule has 1 heterocycles. The van der Waals surface area contributed by atoms with Crippen LogP contribution in [0.5, 0.6) is 0 Å². The predicted molar refractivity (Wildman–Crippen MR) is 38.3 cm³/mol. The number of hydrogen-bond donors (Lipinski definition) is 1. The third kappa shape index (κ3) is 1.14. The minimum Gasteiger partial charge on any atom is -0.349 e. The van der Waals surface area contributed by atoms with E-state index in [4.69, 9.17) is 5.73 Å². The van der Waals surface area contributed by atoms with Gasteiger partial charge in [0.15, 0.2) is 0 Å². The van der Waals surface area contributed by atoms with E-state index in [1.165, 1.54) is 0 Å². The van der Waals surface area contributed by atoms with Crippen LogP contribution in [0.1, 0.15) is 27.2 Å². The van der Waals surface area contributed by atoms with Gasteiger partial charge in [-0.3, -0.25) is 4.79 Å². The van der Waals surface area contributed by atoms with Crippen LogP contribution in [0.2, 0.25) is 0 Å². The molecular weight excluding hydrogens is 128 g/mol. The van der Waals surface area contributed by atoms with E-state index in [-0.39, 0.29) is 11.4 Å². The van der Waals surface area contributed by atoms with Gasteiger partial charge in [-0.15, -0.1) is 0 Å². The van der Waals surface area contributed by atoms with Gasteiger partial charge in [0.1, 0.15) is 5.54 Å². The average Bonchev–Trinajstić information content (AvgIpc) is 1.73. The van der Waals surface area contributed by atoms with Crippen molar-refractivity contribution >= 4 is 5.91 Å². The van der Waals surface area contributed by atoms with Gasteiger partial charge < -0.3 is 5.32 Å². The summed E-state index contributed by atoms with van der Waals surface area (Å²) in [5, 5.41) is 2.76.